The summed E-state index contributed by atoms with van der Waals surface area (Å²) in [6, 6.07) is 11.4. The van der Waals surface area contributed by atoms with Crippen LogP contribution in [0.4, 0.5) is 5.82 Å². The number of anilines is 1. The molecule has 1 heterocycles. The van der Waals surface area contributed by atoms with E-state index in [9.17, 15) is 4.79 Å². The molecule has 2 N–H and O–H groups in total. The monoisotopic (exact) mass is 243 g/mol. The van der Waals surface area contributed by atoms with Crippen molar-refractivity contribution in [2.45, 2.75) is 20.8 Å². The largest absolute Gasteiger partial charge is 0.382 e. The molecule has 0 spiro atoms. The number of nitrogens with two attached hydrogens (primary N) is 1. The maximum absolute atomic E-state index is 12.3. The molecule has 0 unspecified atom stereocenters. The predicted octanol–water partition coefficient (Wildman–Crippen LogP) is 2.82. The molecule has 1 aromatic heterocycles. The van der Waals surface area contributed by atoms with E-state index in [2.05, 4.69) is 5.10 Å². The van der Waals surface area contributed by atoms with E-state index in [0.29, 0.717) is 5.82 Å². The van der Waals surface area contributed by atoms with Crippen molar-refractivity contribution in [2.75, 3.05) is 5.73 Å². The molecule has 18 heavy (non-hydrogen) atoms. The fraction of sp³-hybridized carbons (Fsp3) is 0.286. The molecular weight excluding hydrogens is 226 g/mol. The third-order valence-corrected chi connectivity index (χ3v) is 2.63. The Bertz CT molecular complexity index is 564. The van der Waals surface area contributed by atoms with Gasteiger partial charge in [0.05, 0.1) is 5.69 Å². The summed E-state index contributed by atoms with van der Waals surface area (Å²) in [5.41, 5.74) is 6.88. The van der Waals surface area contributed by atoms with Gasteiger partial charge in [0.1, 0.15) is 5.82 Å². The Kier molecular flexibility index (Phi) is 2.95. The van der Waals surface area contributed by atoms with Gasteiger partial charge in [0.2, 0.25) is 0 Å². The second kappa shape index (κ2) is 4.29. The van der Waals surface area contributed by atoms with Crippen LogP contribution < -0.4 is 5.73 Å². The highest BCUT2D eigenvalue weighted by Gasteiger charge is 2.26. The zero-order valence-corrected chi connectivity index (χ0v) is 10.8. The lowest BCUT2D eigenvalue weighted by Crippen LogP contribution is -2.28. The van der Waals surface area contributed by atoms with Crippen molar-refractivity contribution in [1.29, 1.82) is 0 Å². The number of carbonyl (C=O) groups is 1. The van der Waals surface area contributed by atoms with Crippen molar-refractivity contribution in [3.05, 3.63) is 36.4 Å². The number of hydrogen-bond acceptors (Lipinski definition) is 3. The van der Waals surface area contributed by atoms with Crippen molar-refractivity contribution >= 4 is 11.7 Å². The molecule has 0 aliphatic heterocycles. The lowest BCUT2D eigenvalue weighted by atomic mass is 9.95. The third-order valence-electron chi connectivity index (χ3n) is 2.63. The lowest BCUT2D eigenvalue weighted by molar-refractivity contribution is 0.0752. The van der Waals surface area contributed by atoms with Crippen molar-refractivity contribution in [2.24, 2.45) is 5.41 Å². The Labute approximate surface area is 106 Å². The van der Waals surface area contributed by atoms with Gasteiger partial charge in [-0.2, -0.15) is 4.68 Å². The first kappa shape index (κ1) is 12.4. The quantitative estimate of drug-likeness (QED) is 0.837. The summed E-state index contributed by atoms with van der Waals surface area (Å²) in [5, 5.41) is 4.10. The van der Waals surface area contributed by atoms with Crippen molar-refractivity contribution in [1.82, 2.24) is 9.78 Å². The summed E-state index contributed by atoms with van der Waals surface area (Å²) in [7, 11) is 0. The van der Waals surface area contributed by atoms with Gasteiger partial charge in [-0.1, -0.05) is 51.1 Å². The van der Waals surface area contributed by atoms with Crippen molar-refractivity contribution in [3.8, 4) is 11.3 Å². The Balaban J connectivity index is 2.54. The number of rotatable bonds is 1. The fourth-order valence-electron chi connectivity index (χ4n) is 1.69. The molecule has 2 rings (SSSR count). The zero-order valence-electron chi connectivity index (χ0n) is 10.8. The number of benzene rings is 1. The summed E-state index contributed by atoms with van der Waals surface area (Å²) >= 11 is 0. The number of nitrogens with zero attached hydrogens (tertiary/aromatic N) is 2. The molecule has 0 saturated carbocycles. The molecule has 0 bridgehead atoms. The Morgan fingerprint density at radius 3 is 2.39 bits per heavy atom. The Morgan fingerprint density at radius 1 is 1.22 bits per heavy atom. The van der Waals surface area contributed by atoms with Crippen LogP contribution >= 0.6 is 0 Å². The first-order chi connectivity index (χ1) is 8.39. The number of aromatic nitrogens is 2. The maximum Gasteiger partial charge on any atom is 0.252 e. The van der Waals surface area contributed by atoms with Crippen LogP contribution in [0.5, 0.6) is 0 Å². The van der Waals surface area contributed by atoms with E-state index in [-0.39, 0.29) is 5.91 Å². The fourth-order valence-corrected chi connectivity index (χ4v) is 1.69. The Morgan fingerprint density at radius 2 is 1.83 bits per heavy atom. The van der Waals surface area contributed by atoms with E-state index in [1.807, 2.05) is 51.1 Å². The van der Waals surface area contributed by atoms with E-state index < -0.39 is 5.41 Å². The highest BCUT2D eigenvalue weighted by molar-refractivity contribution is 5.88. The second-order valence-electron chi connectivity index (χ2n) is 5.29. The summed E-state index contributed by atoms with van der Waals surface area (Å²) in [6.45, 7) is 5.59. The summed E-state index contributed by atoms with van der Waals surface area (Å²) in [4.78, 5) is 12.3. The van der Waals surface area contributed by atoms with Crippen LogP contribution in [0.15, 0.2) is 36.4 Å². The molecule has 0 amide bonds. The molecule has 0 aliphatic carbocycles. The molecule has 0 fully saturated rings. The molecule has 0 radical (unpaired) electrons. The van der Waals surface area contributed by atoms with Gasteiger partial charge in [-0.3, -0.25) is 4.79 Å². The molecule has 0 aliphatic rings. The SMILES string of the molecule is CC(C)(C)C(=O)n1nc(N)cc1-c1ccccc1. The highest BCUT2D eigenvalue weighted by Crippen LogP contribution is 2.25. The predicted molar refractivity (Wildman–Crippen MR) is 72.2 cm³/mol. The average molecular weight is 243 g/mol. The minimum absolute atomic E-state index is 0.0712. The van der Waals surface area contributed by atoms with Gasteiger partial charge in [0, 0.05) is 17.0 Å². The number of carbonyl (C=O) groups excluding carboxylic acids is 1. The standard InChI is InChI=1S/C14H17N3O/c1-14(2,3)13(18)17-11(9-12(15)16-17)10-7-5-4-6-8-10/h4-9H,1-3H3,(H2,15,16). The summed E-state index contributed by atoms with van der Waals surface area (Å²) in [5.74, 6) is 0.282. The van der Waals surface area contributed by atoms with Crippen LogP contribution in [-0.4, -0.2) is 15.7 Å². The molecule has 1 aromatic carbocycles. The normalized spacial score (nSPS) is 11.5. The molecule has 2 aromatic rings. The van der Waals surface area contributed by atoms with E-state index in [4.69, 9.17) is 5.73 Å². The molecule has 94 valence electrons. The van der Waals surface area contributed by atoms with Crippen LogP contribution in [0.25, 0.3) is 11.3 Å². The highest BCUT2D eigenvalue weighted by atomic mass is 16.2. The van der Waals surface area contributed by atoms with Gasteiger partial charge < -0.3 is 5.73 Å². The minimum atomic E-state index is -0.498. The minimum Gasteiger partial charge on any atom is -0.382 e. The van der Waals surface area contributed by atoms with Gasteiger partial charge in [-0.05, 0) is 0 Å². The average Bonchev–Trinajstić information content (AvgIpc) is 2.70. The first-order valence-electron chi connectivity index (χ1n) is 5.85. The summed E-state index contributed by atoms with van der Waals surface area (Å²) < 4.78 is 1.39. The van der Waals surface area contributed by atoms with Crippen LogP contribution in [-0.2, 0) is 0 Å². The molecule has 0 atom stereocenters. The van der Waals surface area contributed by atoms with Crippen LogP contribution in [0.1, 0.15) is 25.6 Å². The van der Waals surface area contributed by atoms with Crippen LogP contribution in [0, 0.1) is 5.41 Å². The van der Waals surface area contributed by atoms with E-state index >= 15 is 0 Å². The topological polar surface area (TPSA) is 60.9 Å². The smallest absolute Gasteiger partial charge is 0.252 e. The van der Waals surface area contributed by atoms with Crippen LogP contribution in [0.2, 0.25) is 0 Å². The lowest BCUT2D eigenvalue weighted by Gasteiger charge is -2.17. The molecular formula is C14H17N3O. The molecule has 4 heteroatoms. The van der Waals surface area contributed by atoms with E-state index in [1.54, 1.807) is 6.07 Å². The molecule has 4 nitrogen and oxygen atoms in total. The van der Waals surface area contributed by atoms with Crippen molar-refractivity contribution < 1.29 is 4.79 Å². The first-order valence-corrected chi connectivity index (χ1v) is 5.85. The van der Waals surface area contributed by atoms with Gasteiger partial charge >= 0.3 is 0 Å². The Hall–Kier alpha value is -2.10. The van der Waals surface area contributed by atoms with E-state index in [0.717, 1.165) is 11.3 Å². The molecule has 0 saturated heterocycles. The summed E-state index contributed by atoms with van der Waals surface area (Å²) in [6.07, 6.45) is 0. The number of hydrogen-bond donors (Lipinski definition) is 1. The zero-order chi connectivity index (χ0) is 13.3. The van der Waals surface area contributed by atoms with Crippen molar-refractivity contribution in [3.63, 3.8) is 0 Å². The second-order valence-corrected chi connectivity index (χ2v) is 5.29. The third kappa shape index (κ3) is 2.27. The van der Waals surface area contributed by atoms with Gasteiger partial charge in [0.15, 0.2) is 0 Å². The van der Waals surface area contributed by atoms with E-state index in [1.165, 1.54) is 4.68 Å². The van der Waals surface area contributed by atoms with Crippen LogP contribution in [0.3, 0.4) is 0 Å². The van der Waals surface area contributed by atoms with Gasteiger partial charge in [-0.15, -0.1) is 5.10 Å². The maximum atomic E-state index is 12.3. The number of nitrogen functional groups attached to an aromatic ring is 1. The van der Waals surface area contributed by atoms with Gasteiger partial charge in [-0.25, -0.2) is 0 Å². The van der Waals surface area contributed by atoms with Gasteiger partial charge in [0.25, 0.3) is 5.91 Å².